The zero-order valence-electron chi connectivity index (χ0n) is 12.8. The molecule has 2 rings (SSSR count). The number of hydrogen-bond donors (Lipinski definition) is 2. The largest absolute Gasteiger partial charge is 0.491 e. The van der Waals surface area contributed by atoms with Gasteiger partial charge in [0.25, 0.3) is 0 Å². The van der Waals surface area contributed by atoms with Gasteiger partial charge >= 0.3 is 5.97 Å². The summed E-state index contributed by atoms with van der Waals surface area (Å²) in [5.74, 6) is -0.0826. The van der Waals surface area contributed by atoms with E-state index < -0.39 is 5.97 Å². The Morgan fingerprint density at radius 3 is 2.18 bits per heavy atom. The Bertz CT molecular complexity index is 636. The van der Waals surface area contributed by atoms with Crippen molar-refractivity contribution in [2.45, 2.75) is 20.3 Å². The van der Waals surface area contributed by atoms with Gasteiger partial charge in [0.1, 0.15) is 12.4 Å². The maximum absolute atomic E-state index is 10.7. The highest BCUT2D eigenvalue weighted by molar-refractivity contribution is 5.74. The summed E-state index contributed by atoms with van der Waals surface area (Å²) in [7, 11) is 0. The molecular formula is C18H20O4. The Hall–Kier alpha value is -2.33. The van der Waals surface area contributed by atoms with Crippen molar-refractivity contribution in [2.24, 2.45) is 0 Å². The number of carbonyl (C=O) groups is 1. The Balaban J connectivity index is 2.30. The highest BCUT2D eigenvalue weighted by Crippen LogP contribution is 2.31. The van der Waals surface area contributed by atoms with Crippen LogP contribution in [0.2, 0.25) is 0 Å². The number of aryl methyl sites for hydroxylation is 2. The first-order valence-electron chi connectivity index (χ1n) is 7.17. The van der Waals surface area contributed by atoms with Crippen molar-refractivity contribution >= 4 is 5.97 Å². The van der Waals surface area contributed by atoms with E-state index in [1.807, 2.05) is 50.2 Å². The van der Waals surface area contributed by atoms with Crippen LogP contribution in [0.15, 0.2) is 36.4 Å². The van der Waals surface area contributed by atoms with Crippen LogP contribution in [0.3, 0.4) is 0 Å². The van der Waals surface area contributed by atoms with E-state index in [1.54, 1.807) is 0 Å². The molecule has 0 aliphatic heterocycles. The van der Waals surface area contributed by atoms with Crippen LogP contribution in [0.25, 0.3) is 11.1 Å². The molecule has 0 atom stereocenters. The SMILES string of the molecule is Cc1cc(OCCO)cc(C)c1-c1ccc(CC(=O)O)cc1. The summed E-state index contributed by atoms with van der Waals surface area (Å²) in [6.45, 7) is 4.30. The molecule has 0 saturated heterocycles. The van der Waals surface area contributed by atoms with Crippen molar-refractivity contribution in [3.8, 4) is 16.9 Å². The minimum atomic E-state index is -0.828. The Morgan fingerprint density at radius 2 is 1.68 bits per heavy atom. The average Bonchev–Trinajstić information content (AvgIpc) is 2.45. The van der Waals surface area contributed by atoms with Gasteiger partial charge in [-0.05, 0) is 53.8 Å². The van der Waals surface area contributed by atoms with Gasteiger partial charge in [-0.3, -0.25) is 4.79 Å². The number of carboxylic acids is 1. The number of aliphatic carboxylic acids is 1. The fourth-order valence-corrected chi connectivity index (χ4v) is 2.59. The molecule has 0 saturated carbocycles. The van der Waals surface area contributed by atoms with Gasteiger partial charge < -0.3 is 14.9 Å². The molecular weight excluding hydrogens is 280 g/mol. The van der Waals surface area contributed by atoms with Crippen molar-refractivity contribution in [1.29, 1.82) is 0 Å². The van der Waals surface area contributed by atoms with E-state index >= 15 is 0 Å². The molecule has 2 aromatic rings. The molecule has 0 heterocycles. The van der Waals surface area contributed by atoms with Crippen molar-refractivity contribution in [1.82, 2.24) is 0 Å². The number of carboxylic acid groups (broad SMARTS) is 1. The molecule has 0 amide bonds. The van der Waals surface area contributed by atoms with Gasteiger partial charge in [-0.25, -0.2) is 0 Å². The van der Waals surface area contributed by atoms with Crippen LogP contribution in [0.4, 0.5) is 0 Å². The first kappa shape index (κ1) is 16.0. The van der Waals surface area contributed by atoms with Gasteiger partial charge in [-0.2, -0.15) is 0 Å². The maximum Gasteiger partial charge on any atom is 0.307 e. The van der Waals surface area contributed by atoms with Crippen molar-refractivity contribution < 1.29 is 19.7 Å². The molecule has 0 spiro atoms. The zero-order valence-corrected chi connectivity index (χ0v) is 12.8. The van der Waals surface area contributed by atoms with Crippen molar-refractivity contribution in [2.75, 3.05) is 13.2 Å². The van der Waals surface area contributed by atoms with E-state index in [0.29, 0.717) is 0 Å². The predicted octanol–water partition coefficient (Wildman–Crippen LogP) is 2.97. The van der Waals surface area contributed by atoms with E-state index in [0.717, 1.165) is 33.6 Å². The smallest absolute Gasteiger partial charge is 0.307 e. The molecule has 4 heteroatoms. The van der Waals surface area contributed by atoms with Crippen LogP contribution in [0, 0.1) is 13.8 Å². The summed E-state index contributed by atoms with van der Waals surface area (Å²) in [6, 6.07) is 11.5. The molecule has 22 heavy (non-hydrogen) atoms. The first-order chi connectivity index (χ1) is 10.5. The standard InChI is InChI=1S/C18H20O4/c1-12-9-16(22-8-7-19)10-13(2)18(12)15-5-3-14(4-6-15)11-17(20)21/h3-6,9-10,19H,7-8,11H2,1-2H3,(H,20,21). The third-order valence-corrected chi connectivity index (χ3v) is 3.46. The molecule has 2 aromatic carbocycles. The molecule has 0 radical (unpaired) electrons. The van der Waals surface area contributed by atoms with Crippen LogP contribution in [0.1, 0.15) is 16.7 Å². The lowest BCUT2D eigenvalue weighted by Crippen LogP contribution is -2.02. The first-order valence-corrected chi connectivity index (χ1v) is 7.17. The normalized spacial score (nSPS) is 10.5. The number of aliphatic hydroxyl groups is 1. The molecule has 0 aliphatic carbocycles. The van der Waals surface area contributed by atoms with Gasteiger partial charge in [-0.1, -0.05) is 24.3 Å². The van der Waals surface area contributed by atoms with Crippen LogP contribution in [0.5, 0.6) is 5.75 Å². The van der Waals surface area contributed by atoms with Crippen LogP contribution in [-0.4, -0.2) is 29.4 Å². The summed E-state index contributed by atoms with van der Waals surface area (Å²) >= 11 is 0. The summed E-state index contributed by atoms with van der Waals surface area (Å²) in [5, 5.41) is 17.6. The zero-order chi connectivity index (χ0) is 16.1. The molecule has 0 fully saturated rings. The monoisotopic (exact) mass is 300 g/mol. The lowest BCUT2D eigenvalue weighted by molar-refractivity contribution is -0.136. The van der Waals surface area contributed by atoms with Crippen molar-refractivity contribution in [3.63, 3.8) is 0 Å². The number of aliphatic hydroxyl groups excluding tert-OH is 1. The second kappa shape index (κ2) is 7.09. The fraction of sp³-hybridized carbons (Fsp3) is 0.278. The number of rotatable bonds is 6. The van der Waals surface area contributed by atoms with Crippen LogP contribution in [-0.2, 0) is 11.2 Å². The van der Waals surface area contributed by atoms with Gasteiger partial charge in [-0.15, -0.1) is 0 Å². The second-order valence-corrected chi connectivity index (χ2v) is 5.27. The molecule has 0 aliphatic rings. The van der Waals surface area contributed by atoms with Gasteiger partial charge in [0.15, 0.2) is 0 Å². The minimum Gasteiger partial charge on any atom is -0.491 e. The Labute approximate surface area is 130 Å². The van der Waals surface area contributed by atoms with Gasteiger partial charge in [0.05, 0.1) is 13.0 Å². The molecule has 4 nitrogen and oxygen atoms in total. The quantitative estimate of drug-likeness (QED) is 0.860. The number of hydrogen-bond acceptors (Lipinski definition) is 3. The minimum absolute atomic E-state index is 0.00904. The summed E-state index contributed by atoms with van der Waals surface area (Å²) in [6.07, 6.45) is 0.0339. The van der Waals surface area contributed by atoms with Crippen LogP contribution < -0.4 is 4.74 Å². The molecule has 0 bridgehead atoms. The third kappa shape index (κ3) is 3.86. The van der Waals surface area contributed by atoms with Gasteiger partial charge in [0.2, 0.25) is 0 Å². The predicted molar refractivity (Wildman–Crippen MR) is 85.3 cm³/mol. The summed E-state index contributed by atoms with van der Waals surface area (Å²) in [5.41, 5.74) is 5.13. The van der Waals surface area contributed by atoms with Gasteiger partial charge in [0, 0.05) is 0 Å². The fourth-order valence-electron chi connectivity index (χ4n) is 2.59. The lowest BCUT2D eigenvalue weighted by Gasteiger charge is -2.14. The third-order valence-electron chi connectivity index (χ3n) is 3.46. The number of benzene rings is 2. The maximum atomic E-state index is 10.7. The second-order valence-electron chi connectivity index (χ2n) is 5.27. The van der Waals surface area contributed by atoms with E-state index in [2.05, 4.69) is 0 Å². The Morgan fingerprint density at radius 1 is 1.09 bits per heavy atom. The molecule has 0 unspecified atom stereocenters. The summed E-state index contributed by atoms with van der Waals surface area (Å²) in [4.78, 5) is 10.7. The van der Waals surface area contributed by atoms with Crippen molar-refractivity contribution in [3.05, 3.63) is 53.1 Å². The average molecular weight is 300 g/mol. The van der Waals surface area contributed by atoms with E-state index in [9.17, 15) is 4.79 Å². The highest BCUT2D eigenvalue weighted by Gasteiger charge is 2.09. The summed E-state index contributed by atoms with van der Waals surface area (Å²) < 4.78 is 5.46. The Kier molecular flexibility index (Phi) is 5.17. The van der Waals surface area contributed by atoms with E-state index in [1.165, 1.54) is 0 Å². The molecule has 2 N–H and O–H groups in total. The number of ether oxygens (including phenoxy) is 1. The topological polar surface area (TPSA) is 66.8 Å². The van der Waals surface area contributed by atoms with E-state index in [4.69, 9.17) is 14.9 Å². The molecule has 116 valence electrons. The van der Waals surface area contributed by atoms with Crippen LogP contribution >= 0.6 is 0 Å². The molecule has 0 aromatic heterocycles. The van der Waals surface area contributed by atoms with E-state index in [-0.39, 0.29) is 19.6 Å². The highest BCUT2D eigenvalue weighted by atomic mass is 16.5. The lowest BCUT2D eigenvalue weighted by atomic mass is 9.94.